The van der Waals surface area contributed by atoms with Crippen molar-refractivity contribution in [3.05, 3.63) is 65.3 Å². The lowest BCUT2D eigenvalue weighted by Gasteiger charge is -2.19. The molecule has 2 aromatic carbocycles. The van der Waals surface area contributed by atoms with Gasteiger partial charge in [0, 0.05) is 42.6 Å². The van der Waals surface area contributed by atoms with E-state index in [1.807, 2.05) is 35.7 Å². The van der Waals surface area contributed by atoms with Gasteiger partial charge in [0.1, 0.15) is 35.2 Å². The van der Waals surface area contributed by atoms with Crippen LogP contribution in [0.15, 0.2) is 53.9 Å². The molecular weight excluding hydrogens is 547 g/mol. The van der Waals surface area contributed by atoms with Crippen LogP contribution in [-0.2, 0) is 20.8 Å². The van der Waals surface area contributed by atoms with Crippen LogP contribution in [0.1, 0.15) is 33.3 Å². The number of aromatic nitrogens is 2. The Bertz CT molecular complexity index is 1520. The van der Waals surface area contributed by atoms with Crippen LogP contribution in [0.4, 0.5) is 9.18 Å². The van der Waals surface area contributed by atoms with Crippen molar-refractivity contribution < 1.29 is 28.2 Å². The summed E-state index contributed by atoms with van der Waals surface area (Å²) in [4.78, 5) is 23.0. The van der Waals surface area contributed by atoms with E-state index < -0.39 is 17.5 Å². The third kappa shape index (κ3) is 8.45. The smallest absolute Gasteiger partial charge is 0.407 e. The number of thiophene rings is 1. The highest BCUT2D eigenvalue weighted by atomic mass is 32.1. The Labute approximate surface area is 242 Å². The van der Waals surface area contributed by atoms with Gasteiger partial charge in [0.15, 0.2) is 0 Å². The van der Waals surface area contributed by atoms with E-state index in [1.165, 1.54) is 30.4 Å². The van der Waals surface area contributed by atoms with E-state index in [-0.39, 0.29) is 32.3 Å². The van der Waals surface area contributed by atoms with Gasteiger partial charge in [-0.2, -0.15) is 0 Å². The van der Waals surface area contributed by atoms with E-state index in [1.54, 1.807) is 26.8 Å². The van der Waals surface area contributed by atoms with Crippen molar-refractivity contribution in [2.24, 2.45) is 0 Å². The number of hydrogen-bond donors (Lipinski definition) is 2. The zero-order chi connectivity index (χ0) is 29.4. The maximum absolute atomic E-state index is 14.2. The largest absolute Gasteiger partial charge is 0.490 e. The number of fused-ring (bicyclic) bond motifs is 1. The van der Waals surface area contributed by atoms with E-state index in [0.717, 1.165) is 21.2 Å². The van der Waals surface area contributed by atoms with Gasteiger partial charge >= 0.3 is 6.09 Å². The van der Waals surface area contributed by atoms with E-state index in [2.05, 4.69) is 20.8 Å². The van der Waals surface area contributed by atoms with E-state index >= 15 is 0 Å². The van der Waals surface area contributed by atoms with Crippen molar-refractivity contribution in [3.8, 4) is 28.3 Å². The molecule has 0 atom stereocenters. The molecule has 2 amide bonds. The molecule has 0 bridgehead atoms. The Morgan fingerprint density at radius 2 is 1.78 bits per heavy atom. The summed E-state index contributed by atoms with van der Waals surface area (Å²) < 4.78 is 31.7. The van der Waals surface area contributed by atoms with Gasteiger partial charge in [-0.3, -0.25) is 4.79 Å². The highest BCUT2D eigenvalue weighted by Crippen LogP contribution is 2.39. The molecule has 4 aromatic rings. The third-order valence-electron chi connectivity index (χ3n) is 5.73. The second-order valence-electron chi connectivity index (χ2n) is 10.2. The maximum Gasteiger partial charge on any atom is 0.407 e. The van der Waals surface area contributed by atoms with Crippen molar-refractivity contribution in [1.29, 1.82) is 0 Å². The Hall–Kier alpha value is -4.09. The lowest BCUT2D eigenvalue weighted by Crippen LogP contribution is -2.34. The molecule has 11 heteroatoms. The molecule has 0 unspecified atom stereocenters. The third-order valence-corrected chi connectivity index (χ3v) is 6.65. The van der Waals surface area contributed by atoms with Crippen LogP contribution in [0.25, 0.3) is 32.6 Å². The fraction of sp³-hybridized carbons (Fsp3) is 0.333. The van der Waals surface area contributed by atoms with Crippen LogP contribution in [0.2, 0.25) is 0 Å². The summed E-state index contributed by atoms with van der Waals surface area (Å²) in [5.74, 6) is -0.206. The van der Waals surface area contributed by atoms with E-state index in [9.17, 15) is 14.0 Å². The Kier molecular flexibility index (Phi) is 9.85. The molecule has 0 aliphatic heterocycles. The van der Waals surface area contributed by atoms with Crippen LogP contribution in [0, 0.1) is 5.82 Å². The summed E-state index contributed by atoms with van der Waals surface area (Å²) in [6.07, 6.45) is -0.508. The first kappa shape index (κ1) is 29.9. The van der Waals surface area contributed by atoms with Gasteiger partial charge in [-0.1, -0.05) is 18.2 Å². The number of benzene rings is 2. The highest BCUT2D eigenvalue weighted by molar-refractivity contribution is 7.17. The lowest BCUT2D eigenvalue weighted by molar-refractivity contribution is -0.119. The molecule has 0 aliphatic rings. The van der Waals surface area contributed by atoms with Crippen molar-refractivity contribution in [3.63, 3.8) is 0 Å². The van der Waals surface area contributed by atoms with Crippen LogP contribution in [0.3, 0.4) is 0 Å². The number of alkyl carbamates (subject to hydrolysis) is 1. The van der Waals surface area contributed by atoms with Crippen molar-refractivity contribution >= 4 is 33.4 Å². The summed E-state index contributed by atoms with van der Waals surface area (Å²) in [5, 5.41) is 17.4. The van der Waals surface area contributed by atoms with Gasteiger partial charge in [-0.25, -0.2) is 9.18 Å². The van der Waals surface area contributed by atoms with Crippen LogP contribution < -0.4 is 15.4 Å². The van der Waals surface area contributed by atoms with E-state index in [0.29, 0.717) is 29.2 Å². The van der Waals surface area contributed by atoms with Crippen LogP contribution in [-0.4, -0.2) is 54.2 Å². The molecule has 0 spiro atoms. The van der Waals surface area contributed by atoms with Gasteiger partial charge in [-0.05, 0) is 56.0 Å². The monoisotopic (exact) mass is 580 g/mol. The van der Waals surface area contributed by atoms with Crippen molar-refractivity contribution in [1.82, 2.24) is 20.8 Å². The van der Waals surface area contributed by atoms with Crippen LogP contribution >= 0.6 is 11.3 Å². The fourth-order valence-corrected chi connectivity index (χ4v) is 4.88. The zero-order valence-corrected chi connectivity index (χ0v) is 24.3. The fourth-order valence-electron chi connectivity index (χ4n) is 3.99. The molecule has 0 saturated carbocycles. The molecule has 9 nitrogen and oxygen atoms in total. The number of amides is 2. The summed E-state index contributed by atoms with van der Waals surface area (Å²) in [6.45, 7) is 8.24. The van der Waals surface area contributed by atoms with Gasteiger partial charge in [0.05, 0.1) is 17.9 Å². The van der Waals surface area contributed by atoms with Crippen molar-refractivity contribution in [2.45, 2.75) is 39.8 Å². The average molecular weight is 581 g/mol. The van der Waals surface area contributed by atoms with Gasteiger partial charge in [0.25, 0.3) is 0 Å². The van der Waals surface area contributed by atoms with Crippen molar-refractivity contribution in [2.75, 3.05) is 26.4 Å². The van der Waals surface area contributed by atoms with E-state index in [4.69, 9.17) is 14.2 Å². The topological polar surface area (TPSA) is 112 Å². The van der Waals surface area contributed by atoms with Crippen LogP contribution in [0.5, 0.6) is 5.75 Å². The number of nitrogens with one attached hydrogen (secondary N) is 2. The molecular formula is C30H33FN4O5S. The van der Waals surface area contributed by atoms with Gasteiger partial charge in [0.2, 0.25) is 5.91 Å². The Morgan fingerprint density at radius 1 is 0.976 bits per heavy atom. The second-order valence-corrected chi connectivity index (χ2v) is 11.1. The quantitative estimate of drug-likeness (QED) is 0.218. The molecule has 2 aromatic heterocycles. The number of rotatable bonds is 11. The normalized spacial score (nSPS) is 11.3. The van der Waals surface area contributed by atoms with Gasteiger partial charge in [-0.15, -0.1) is 21.5 Å². The van der Waals surface area contributed by atoms with Gasteiger partial charge < -0.3 is 24.8 Å². The molecule has 4 rings (SSSR count). The SMILES string of the molecule is CC(=O)NCc1cccc(-c2nnc(-c3ccc(F)cc3OCCOCCNC(=O)OC(C)(C)C)c3sccc23)c1. The zero-order valence-electron chi connectivity index (χ0n) is 23.5. The first-order chi connectivity index (χ1) is 19.6. The maximum atomic E-state index is 14.2. The number of nitrogens with zero attached hydrogens (tertiary/aromatic N) is 2. The molecule has 0 saturated heterocycles. The molecule has 2 heterocycles. The first-order valence-electron chi connectivity index (χ1n) is 13.2. The standard InChI is InChI=1S/C30H33FN4O5S/c1-19(36)33-18-20-6-5-7-21(16-20)26-24-10-15-41-28(24)27(35-34-26)23-9-8-22(31)17-25(23)39-14-13-38-12-11-32-29(37)40-30(2,3)4/h5-10,15-17H,11-14,18H2,1-4H3,(H,32,37)(H,33,36). The highest BCUT2D eigenvalue weighted by Gasteiger charge is 2.18. The first-order valence-corrected chi connectivity index (χ1v) is 14.0. The number of halogens is 1. The lowest BCUT2D eigenvalue weighted by atomic mass is 10.0. The Balaban J connectivity index is 1.44. The Morgan fingerprint density at radius 3 is 2.56 bits per heavy atom. The molecule has 0 radical (unpaired) electrons. The minimum Gasteiger partial charge on any atom is -0.490 e. The average Bonchev–Trinajstić information content (AvgIpc) is 3.40. The molecule has 0 aliphatic carbocycles. The minimum atomic E-state index is -0.569. The predicted molar refractivity (Wildman–Crippen MR) is 156 cm³/mol. The summed E-state index contributed by atoms with van der Waals surface area (Å²) in [7, 11) is 0. The number of ether oxygens (including phenoxy) is 3. The summed E-state index contributed by atoms with van der Waals surface area (Å²) in [6, 6.07) is 14.1. The molecule has 2 N–H and O–H groups in total. The number of carbonyl (C=O) groups excluding carboxylic acids is 2. The molecule has 216 valence electrons. The predicted octanol–water partition coefficient (Wildman–Crippen LogP) is 5.72. The minimum absolute atomic E-state index is 0.0983. The number of carbonyl (C=O) groups is 2. The molecule has 0 fully saturated rings. The number of hydrogen-bond acceptors (Lipinski definition) is 8. The second kappa shape index (κ2) is 13.5. The molecule has 41 heavy (non-hydrogen) atoms. The summed E-state index contributed by atoms with van der Waals surface area (Å²) in [5.41, 5.74) is 3.18. The summed E-state index contributed by atoms with van der Waals surface area (Å²) >= 11 is 1.51.